The van der Waals surface area contributed by atoms with Crippen molar-refractivity contribution < 1.29 is 4.74 Å². The molecule has 1 aromatic carbocycles. The summed E-state index contributed by atoms with van der Waals surface area (Å²) in [5.41, 5.74) is 8.83. The minimum Gasteiger partial charge on any atom is -0.437 e. The fourth-order valence-electron chi connectivity index (χ4n) is 1.77. The molecular weight excluding hydrogens is 214 g/mol. The van der Waals surface area contributed by atoms with Crippen LogP contribution >= 0.6 is 0 Å². The van der Waals surface area contributed by atoms with Crippen LogP contribution in [-0.4, -0.2) is 10.2 Å². The minimum atomic E-state index is 0.499. The van der Waals surface area contributed by atoms with Crippen molar-refractivity contribution in [2.75, 3.05) is 0 Å². The van der Waals surface area contributed by atoms with Crippen molar-refractivity contribution in [1.29, 1.82) is 0 Å². The van der Waals surface area contributed by atoms with Crippen LogP contribution in [0.5, 0.6) is 11.6 Å². The van der Waals surface area contributed by atoms with Gasteiger partial charge in [0.15, 0.2) is 0 Å². The molecule has 0 bridgehead atoms. The van der Waals surface area contributed by atoms with Gasteiger partial charge >= 0.3 is 0 Å². The number of nitrogens with two attached hydrogens (primary N) is 1. The monoisotopic (exact) mass is 229 g/mol. The average Bonchev–Trinajstić information content (AvgIpc) is 2.35. The largest absolute Gasteiger partial charge is 0.437 e. The van der Waals surface area contributed by atoms with E-state index in [1.807, 2.05) is 26.0 Å². The number of ether oxygens (including phenoxy) is 1. The van der Waals surface area contributed by atoms with Crippen molar-refractivity contribution in [3.63, 3.8) is 0 Å². The molecule has 0 spiro atoms. The summed E-state index contributed by atoms with van der Waals surface area (Å²) in [6, 6.07) is 7.63. The highest BCUT2D eigenvalue weighted by molar-refractivity contribution is 5.44. The summed E-state index contributed by atoms with van der Waals surface area (Å²) in [6.07, 6.45) is 1.62. The van der Waals surface area contributed by atoms with Crippen LogP contribution < -0.4 is 10.5 Å². The van der Waals surface area contributed by atoms with E-state index in [0.717, 1.165) is 22.4 Å². The van der Waals surface area contributed by atoms with Gasteiger partial charge in [-0.1, -0.05) is 12.1 Å². The summed E-state index contributed by atoms with van der Waals surface area (Å²) in [5, 5.41) is 7.68. The Bertz CT molecular complexity index is 488. The van der Waals surface area contributed by atoms with E-state index in [1.165, 1.54) is 0 Å². The molecule has 0 aliphatic heterocycles. The average molecular weight is 229 g/mol. The Morgan fingerprint density at radius 1 is 1.24 bits per heavy atom. The van der Waals surface area contributed by atoms with Crippen LogP contribution in [0.4, 0.5) is 0 Å². The second kappa shape index (κ2) is 4.93. The second-order valence-electron chi connectivity index (χ2n) is 3.93. The molecule has 0 saturated carbocycles. The van der Waals surface area contributed by atoms with Gasteiger partial charge in [0.2, 0.25) is 5.88 Å². The van der Waals surface area contributed by atoms with Gasteiger partial charge in [0.1, 0.15) is 5.75 Å². The van der Waals surface area contributed by atoms with E-state index in [9.17, 15) is 0 Å². The lowest BCUT2D eigenvalue weighted by Gasteiger charge is -2.12. The van der Waals surface area contributed by atoms with Gasteiger partial charge < -0.3 is 10.5 Å². The first-order valence-electron chi connectivity index (χ1n) is 5.46. The summed E-state index contributed by atoms with van der Waals surface area (Å²) in [4.78, 5) is 0. The summed E-state index contributed by atoms with van der Waals surface area (Å²) >= 11 is 0. The summed E-state index contributed by atoms with van der Waals surface area (Å²) in [6.45, 7) is 4.53. The lowest BCUT2D eigenvalue weighted by Crippen LogP contribution is -2.00. The summed E-state index contributed by atoms with van der Waals surface area (Å²) in [5.74, 6) is 1.32. The molecule has 4 nitrogen and oxygen atoms in total. The van der Waals surface area contributed by atoms with Crippen LogP contribution in [0, 0.1) is 13.8 Å². The van der Waals surface area contributed by atoms with Crippen molar-refractivity contribution in [3.8, 4) is 11.6 Å². The smallest absolute Gasteiger partial charge is 0.238 e. The van der Waals surface area contributed by atoms with Gasteiger partial charge in [0.25, 0.3) is 0 Å². The van der Waals surface area contributed by atoms with Crippen molar-refractivity contribution in [2.24, 2.45) is 5.73 Å². The molecule has 88 valence electrons. The summed E-state index contributed by atoms with van der Waals surface area (Å²) < 4.78 is 5.72. The molecule has 1 heterocycles. The van der Waals surface area contributed by atoms with E-state index in [-0.39, 0.29) is 0 Å². The fraction of sp³-hybridized carbons (Fsp3) is 0.231. The molecule has 2 rings (SSSR count). The van der Waals surface area contributed by atoms with E-state index >= 15 is 0 Å². The maximum Gasteiger partial charge on any atom is 0.238 e. The number of hydrogen-bond acceptors (Lipinski definition) is 4. The van der Waals surface area contributed by atoms with Gasteiger partial charge in [-0.15, -0.1) is 5.10 Å². The number of benzene rings is 1. The fourth-order valence-corrected chi connectivity index (χ4v) is 1.77. The van der Waals surface area contributed by atoms with E-state index < -0.39 is 0 Å². The van der Waals surface area contributed by atoms with Crippen molar-refractivity contribution in [2.45, 2.75) is 20.4 Å². The van der Waals surface area contributed by atoms with Crippen LogP contribution in [0.1, 0.15) is 16.7 Å². The van der Waals surface area contributed by atoms with E-state index in [1.54, 1.807) is 18.3 Å². The molecule has 4 heteroatoms. The highest BCUT2D eigenvalue weighted by Crippen LogP contribution is 2.28. The Morgan fingerprint density at radius 2 is 1.94 bits per heavy atom. The highest BCUT2D eigenvalue weighted by atomic mass is 16.5. The Hall–Kier alpha value is -1.94. The lowest BCUT2D eigenvalue weighted by atomic mass is 10.1. The topological polar surface area (TPSA) is 61.0 Å². The Morgan fingerprint density at radius 3 is 2.47 bits per heavy atom. The van der Waals surface area contributed by atoms with Crippen molar-refractivity contribution >= 4 is 0 Å². The standard InChI is InChI=1S/C13H15N3O/c1-9-6-11(8-14)7-10(2)13(9)17-12-4-3-5-15-16-12/h3-7H,8,14H2,1-2H3. The molecule has 0 radical (unpaired) electrons. The minimum absolute atomic E-state index is 0.499. The molecule has 2 N–H and O–H groups in total. The van der Waals surface area contributed by atoms with Gasteiger partial charge in [-0.3, -0.25) is 0 Å². The zero-order valence-electron chi connectivity index (χ0n) is 9.97. The molecule has 0 fully saturated rings. The quantitative estimate of drug-likeness (QED) is 0.877. The van der Waals surface area contributed by atoms with Crippen LogP contribution in [0.3, 0.4) is 0 Å². The predicted octanol–water partition coefficient (Wildman–Crippen LogP) is 2.34. The lowest BCUT2D eigenvalue weighted by molar-refractivity contribution is 0.448. The number of aromatic nitrogens is 2. The Balaban J connectivity index is 2.33. The zero-order chi connectivity index (χ0) is 12.3. The molecule has 0 saturated heterocycles. The molecule has 1 aromatic heterocycles. The molecule has 0 aliphatic carbocycles. The van der Waals surface area contributed by atoms with Gasteiger partial charge in [-0.2, -0.15) is 5.10 Å². The normalized spacial score (nSPS) is 10.3. The zero-order valence-corrected chi connectivity index (χ0v) is 9.97. The third kappa shape index (κ3) is 2.60. The number of hydrogen-bond donors (Lipinski definition) is 1. The van der Waals surface area contributed by atoms with Crippen LogP contribution in [0.15, 0.2) is 30.5 Å². The van der Waals surface area contributed by atoms with Crippen molar-refractivity contribution in [1.82, 2.24) is 10.2 Å². The molecular formula is C13H15N3O. The van der Waals surface area contributed by atoms with Gasteiger partial charge in [0, 0.05) is 18.8 Å². The van der Waals surface area contributed by atoms with Crippen LogP contribution in [-0.2, 0) is 6.54 Å². The first-order valence-corrected chi connectivity index (χ1v) is 5.46. The van der Waals surface area contributed by atoms with E-state index in [4.69, 9.17) is 10.5 Å². The Labute approximate surface area is 100 Å². The molecule has 0 atom stereocenters. The van der Waals surface area contributed by atoms with Gasteiger partial charge in [-0.25, -0.2) is 0 Å². The van der Waals surface area contributed by atoms with Gasteiger partial charge in [0.05, 0.1) is 0 Å². The highest BCUT2D eigenvalue weighted by Gasteiger charge is 2.07. The predicted molar refractivity (Wildman–Crippen MR) is 65.9 cm³/mol. The molecule has 2 aromatic rings. The molecule has 17 heavy (non-hydrogen) atoms. The van der Waals surface area contributed by atoms with E-state index in [0.29, 0.717) is 12.4 Å². The molecule has 0 aliphatic rings. The number of rotatable bonds is 3. The second-order valence-corrected chi connectivity index (χ2v) is 3.93. The first kappa shape index (κ1) is 11.5. The van der Waals surface area contributed by atoms with Gasteiger partial charge in [-0.05, 0) is 36.6 Å². The maximum atomic E-state index is 5.72. The van der Waals surface area contributed by atoms with Crippen molar-refractivity contribution in [3.05, 3.63) is 47.2 Å². The maximum absolute atomic E-state index is 5.72. The number of aryl methyl sites for hydroxylation is 2. The SMILES string of the molecule is Cc1cc(CN)cc(C)c1Oc1cccnn1. The third-order valence-electron chi connectivity index (χ3n) is 2.51. The third-order valence-corrected chi connectivity index (χ3v) is 2.51. The van der Waals surface area contributed by atoms with E-state index in [2.05, 4.69) is 10.2 Å². The summed E-state index contributed by atoms with van der Waals surface area (Å²) in [7, 11) is 0. The van der Waals surface area contributed by atoms with Crippen LogP contribution in [0.2, 0.25) is 0 Å². The molecule has 0 unspecified atom stereocenters. The van der Waals surface area contributed by atoms with Crippen LogP contribution in [0.25, 0.3) is 0 Å². The first-order chi connectivity index (χ1) is 8.20. The molecule has 0 amide bonds. The number of nitrogens with zero attached hydrogens (tertiary/aromatic N) is 2. The Kier molecular flexibility index (Phi) is 3.35.